The summed E-state index contributed by atoms with van der Waals surface area (Å²) in [6, 6.07) is 5.97. The summed E-state index contributed by atoms with van der Waals surface area (Å²) >= 11 is 0. The van der Waals surface area contributed by atoms with Gasteiger partial charge in [-0.15, -0.1) is 0 Å². The summed E-state index contributed by atoms with van der Waals surface area (Å²) in [5.74, 6) is -1.36. The number of nitrogens with zero attached hydrogens (tertiary/aromatic N) is 5. The molecular weight excluding hydrogens is 421 g/mol. The van der Waals surface area contributed by atoms with Gasteiger partial charge in [-0.25, -0.2) is 19.0 Å². The third kappa shape index (κ3) is 4.32. The second-order valence-corrected chi connectivity index (χ2v) is 5.80. The van der Waals surface area contributed by atoms with Crippen LogP contribution in [0.25, 0.3) is 5.69 Å². The van der Waals surface area contributed by atoms with Crippen LogP contribution in [-0.4, -0.2) is 19.7 Å². The van der Waals surface area contributed by atoms with Crippen molar-refractivity contribution < 1.29 is 30.7 Å². The van der Waals surface area contributed by atoms with E-state index in [1.54, 1.807) is 0 Å². The van der Waals surface area contributed by atoms with Crippen LogP contribution in [0.3, 0.4) is 0 Å². The van der Waals surface area contributed by atoms with Gasteiger partial charge in [-0.1, -0.05) is 0 Å². The molecule has 0 saturated carbocycles. The Kier molecular flexibility index (Phi) is 5.34. The molecule has 3 aromatic rings. The minimum atomic E-state index is -5.21. The highest BCUT2D eigenvalue weighted by atomic mass is 19.4. The summed E-state index contributed by atoms with van der Waals surface area (Å²) in [5.41, 5.74) is -4.33. The summed E-state index contributed by atoms with van der Waals surface area (Å²) in [4.78, 5) is 7.01. The Balaban J connectivity index is 1.99. The van der Waals surface area contributed by atoms with Gasteiger partial charge in [0.15, 0.2) is 5.82 Å². The van der Waals surface area contributed by atoms with Gasteiger partial charge in [-0.3, -0.25) is 0 Å². The number of benzene rings is 1. The summed E-state index contributed by atoms with van der Waals surface area (Å²) in [6.07, 6.45) is -9.29. The van der Waals surface area contributed by atoms with Crippen LogP contribution in [0.15, 0.2) is 36.7 Å². The molecule has 13 heteroatoms. The number of hydrogen-bond donors (Lipinski definition) is 1. The van der Waals surface area contributed by atoms with Crippen LogP contribution in [0.5, 0.6) is 0 Å². The number of pyridine rings is 1. The molecule has 0 aliphatic carbocycles. The molecular formula is C17H9F7N6. The van der Waals surface area contributed by atoms with Crippen LogP contribution >= 0.6 is 0 Å². The minimum Gasteiger partial charge on any atom is -0.362 e. The highest BCUT2D eigenvalue weighted by Crippen LogP contribution is 2.38. The van der Waals surface area contributed by atoms with Gasteiger partial charge < -0.3 is 5.32 Å². The lowest BCUT2D eigenvalue weighted by Gasteiger charge is -2.16. The molecule has 2 aromatic heterocycles. The average molecular weight is 430 g/mol. The average Bonchev–Trinajstić information content (AvgIpc) is 3.13. The van der Waals surface area contributed by atoms with Crippen molar-refractivity contribution in [1.29, 1.82) is 5.26 Å². The van der Waals surface area contributed by atoms with E-state index < -0.39 is 47.4 Å². The topological polar surface area (TPSA) is 79.4 Å². The van der Waals surface area contributed by atoms with Gasteiger partial charge in [0.1, 0.15) is 35.3 Å². The van der Waals surface area contributed by atoms with Crippen molar-refractivity contribution in [3.8, 4) is 11.8 Å². The van der Waals surface area contributed by atoms with E-state index in [4.69, 9.17) is 5.26 Å². The molecule has 0 amide bonds. The molecule has 3 rings (SSSR count). The fraction of sp³-hybridized carbons (Fsp3) is 0.176. The van der Waals surface area contributed by atoms with Crippen molar-refractivity contribution in [1.82, 2.24) is 19.7 Å². The summed E-state index contributed by atoms with van der Waals surface area (Å²) < 4.78 is 92.8. The Morgan fingerprint density at radius 3 is 2.27 bits per heavy atom. The number of rotatable bonds is 4. The molecule has 1 N–H and O–H groups in total. The third-order valence-corrected chi connectivity index (χ3v) is 3.83. The number of nitrogens with one attached hydrogen (secondary N) is 1. The molecule has 30 heavy (non-hydrogen) atoms. The van der Waals surface area contributed by atoms with Crippen molar-refractivity contribution in [3.05, 3.63) is 65.1 Å². The van der Waals surface area contributed by atoms with E-state index in [0.717, 1.165) is 18.5 Å². The lowest BCUT2D eigenvalue weighted by atomic mass is 10.1. The number of nitriles is 1. The van der Waals surface area contributed by atoms with Crippen LogP contribution in [0, 0.1) is 17.1 Å². The van der Waals surface area contributed by atoms with Crippen molar-refractivity contribution in [2.45, 2.75) is 18.9 Å². The van der Waals surface area contributed by atoms with Crippen molar-refractivity contribution in [2.75, 3.05) is 5.32 Å². The predicted molar refractivity (Wildman–Crippen MR) is 87.6 cm³/mol. The van der Waals surface area contributed by atoms with E-state index in [2.05, 4.69) is 20.4 Å². The monoisotopic (exact) mass is 430 g/mol. The molecule has 0 radical (unpaired) electrons. The quantitative estimate of drug-likeness (QED) is 0.624. The molecule has 0 aliphatic heterocycles. The third-order valence-electron chi connectivity index (χ3n) is 3.83. The highest BCUT2D eigenvalue weighted by molar-refractivity contribution is 5.58. The lowest BCUT2D eigenvalue weighted by molar-refractivity contribution is -0.145. The molecule has 0 spiro atoms. The zero-order valence-electron chi connectivity index (χ0n) is 14.6. The van der Waals surface area contributed by atoms with Crippen molar-refractivity contribution in [2.24, 2.45) is 0 Å². The second-order valence-electron chi connectivity index (χ2n) is 5.80. The van der Waals surface area contributed by atoms with E-state index in [1.807, 2.05) is 0 Å². The molecule has 2 heterocycles. The summed E-state index contributed by atoms with van der Waals surface area (Å²) in [6.45, 7) is -0.419. The highest BCUT2D eigenvalue weighted by Gasteiger charge is 2.41. The minimum absolute atomic E-state index is 0.0678. The first kappa shape index (κ1) is 21.0. The fourth-order valence-electron chi connectivity index (χ4n) is 2.50. The van der Waals surface area contributed by atoms with Gasteiger partial charge >= 0.3 is 12.4 Å². The molecule has 156 valence electrons. The first-order valence-corrected chi connectivity index (χ1v) is 7.99. The van der Waals surface area contributed by atoms with Gasteiger partial charge in [-0.05, 0) is 30.3 Å². The first-order valence-electron chi connectivity index (χ1n) is 7.99. The van der Waals surface area contributed by atoms with Gasteiger partial charge in [0.25, 0.3) is 0 Å². The fourth-order valence-corrected chi connectivity index (χ4v) is 2.50. The molecule has 1 aromatic carbocycles. The maximum absolute atomic E-state index is 13.2. The Morgan fingerprint density at radius 1 is 1.03 bits per heavy atom. The number of hydrogen-bond acceptors (Lipinski definition) is 5. The Hall–Kier alpha value is -3.69. The molecule has 0 aliphatic rings. The van der Waals surface area contributed by atoms with Crippen LogP contribution in [0.1, 0.15) is 22.6 Å². The van der Waals surface area contributed by atoms with E-state index in [0.29, 0.717) is 5.69 Å². The number of alkyl halides is 6. The number of anilines is 1. The summed E-state index contributed by atoms with van der Waals surface area (Å²) in [7, 11) is 0. The van der Waals surface area contributed by atoms with Gasteiger partial charge in [0, 0.05) is 0 Å². The zero-order valence-corrected chi connectivity index (χ0v) is 14.6. The SMILES string of the molecule is N#Cc1c(C(F)(F)F)cc(C(F)(F)F)nc1NCc1ncnn1-c1ccc(F)cc1. The first-order chi connectivity index (χ1) is 14.0. The molecule has 0 saturated heterocycles. The largest absolute Gasteiger partial charge is 0.433 e. The van der Waals surface area contributed by atoms with Crippen LogP contribution in [0.4, 0.5) is 36.6 Å². The van der Waals surface area contributed by atoms with E-state index >= 15 is 0 Å². The normalized spacial score (nSPS) is 11.9. The van der Waals surface area contributed by atoms with Crippen molar-refractivity contribution in [3.63, 3.8) is 0 Å². The van der Waals surface area contributed by atoms with E-state index in [-0.39, 0.29) is 11.9 Å². The summed E-state index contributed by atoms with van der Waals surface area (Å²) in [5, 5.41) is 15.3. The van der Waals surface area contributed by atoms with Gasteiger partial charge in [0.05, 0.1) is 17.8 Å². The Labute approximate surface area is 163 Å². The van der Waals surface area contributed by atoms with E-state index in [1.165, 1.54) is 22.9 Å². The Morgan fingerprint density at radius 2 is 1.70 bits per heavy atom. The molecule has 0 bridgehead atoms. The molecule has 0 fully saturated rings. The number of aromatic nitrogens is 4. The van der Waals surface area contributed by atoms with Gasteiger partial charge in [-0.2, -0.15) is 36.7 Å². The maximum Gasteiger partial charge on any atom is 0.433 e. The smallest absolute Gasteiger partial charge is 0.362 e. The van der Waals surface area contributed by atoms with Crippen molar-refractivity contribution >= 4 is 5.82 Å². The second kappa shape index (κ2) is 7.62. The van der Waals surface area contributed by atoms with Crippen LogP contribution in [0.2, 0.25) is 0 Å². The molecule has 6 nitrogen and oxygen atoms in total. The van der Waals surface area contributed by atoms with Crippen LogP contribution < -0.4 is 5.32 Å². The van der Waals surface area contributed by atoms with E-state index in [9.17, 15) is 30.7 Å². The lowest BCUT2D eigenvalue weighted by Crippen LogP contribution is -2.18. The standard InChI is InChI=1S/C17H9F7N6/c18-9-1-3-10(4-2-9)30-14(27-8-28-30)7-26-15-11(6-25)12(16(19,20)21)5-13(29-15)17(22,23)24/h1-5,8H,7H2,(H,26,29). The van der Waals surface area contributed by atoms with Gasteiger partial charge in [0.2, 0.25) is 0 Å². The maximum atomic E-state index is 13.2. The van der Waals surface area contributed by atoms with Crippen LogP contribution in [-0.2, 0) is 18.9 Å². The zero-order chi connectivity index (χ0) is 22.1. The predicted octanol–water partition coefficient (Wildman–Crippen LogP) is 4.32. The number of halogens is 7. The molecule has 0 atom stereocenters. The molecule has 0 unspecified atom stereocenters. The Bertz CT molecular complexity index is 1090.